The minimum atomic E-state index is 0.980. The molecule has 2 aromatic heterocycles. The second-order valence-corrected chi connectivity index (χ2v) is 6.82. The molecule has 0 atom stereocenters. The average Bonchev–Trinajstić information content (AvgIpc) is 3.14. The van der Waals surface area contributed by atoms with Crippen LogP contribution < -0.4 is 0 Å². The third-order valence-electron chi connectivity index (χ3n) is 4.34. The number of rotatable bonds is 3. The van der Waals surface area contributed by atoms with Crippen molar-refractivity contribution in [1.82, 2.24) is 15.1 Å². The van der Waals surface area contributed by atoms with Crippen molar-refractivity contribution in [3.63, 3.8) is 0 Å². The Bertz CT molecular complexity index is 773. The molecular formula is C18H19N3S. The Balaban J connectivity index is 1.60. The van der Waals surface area contributed by atoms with Crippen molar-refractivity contribution in [1.29, 1.82) is 0 Å². The molecule has 0 aliphatic carbocycles. The van der Waals surface area contributed by atoms with Gasteiger partial charge in [0.2, 0.25) is 0 Å². The van der Waals surface area contributed by atoms with Gasteiger partial charge in [0.25, 0.3) is 0 Å². The van der Waals surface area contributed by atoms with E-state index in [4.69, 9.17) is 0 Å². The first-order valence-corrected chi connectivity index (χ1v) is 8.56. The molecule has 3 heterocycles. The molecular weight excluding hydrogens is 290 g/mol. The minimum absolute atomic E-state index is 0.980. The van der Waals surface area contributed by atoms with E-state index < -0.39 is 0 Å². The summed E-state index contributed by atoms with van der Waals surface area (Å²) in [4.78, 5) is 3.82. The van der Waals surface area contributed by atoms with Crippen LogP contribution in [0.3, 0.4) is 0 Å². The Morgan fingerprint density at radius 3 is 2.86 bits per heavy atom. The normalized spacial score (nSPS) is 15.0. The lowest BCUT2D eigenvalue weighted by atomic mass is 10.0. The molecule has 0 radical (unpaired) electrons. The predicted octanol–water partition coefficient (Wildman–Crippen LogP) is 4.00. The van der Waals surface area contributed by atoms with Gasteiger partial charge in [-0.3, -0.25) is 10.00 Å². The highest BCUT2D eigenvalue weighted by molar-refractivity contribution is 7.13. The number of fused-ring (bicyclic) bond motifs is 1. The van der Waals surface area contributed by atoms with Crippen molar-refractivity contribution in [2.75, 3.05) is 6.54 Å². The molecule has 0 amide bonds. The number of aryl methyl sites for hydroxylation is 1. The Labute approximate surface area is 134 Å². The topological polar surface area (TPSA) is 31.9 Å². The van der Waals surface area contributed by atoms with Crippen LogP contribution in [0.15, 0.2) is 41.8 Å². The van der Waals surface area contributed by atoms with Gasteiger partial charge in [-0.05, 0) is 29.5 Å². The molecule has 0 saturated heterocycles. The molecule has 1 aliphatic rings. The Morgan fingerprint density at radius 2 is 2.09 bits per heavy atom. The molecule has 3 nitrogen and oxygen atoms in total. The largest absolute Gasteiger partial charge is 0.294 e. The maximum atomic E-state index is 4.60. The highest BCUT2D eigenvalue weighted by Crippen LogP contribution is 2.34. The fraction of sp³-hybridized carbons (Fsp3) is 0.278. The van der Waals surface area contributed by atoms with Crippen molar-refractivity contribution in [2.24, 2.45) is 0 Å². The molecule has 0 unspecified atom stereocenters. The van der Waals surface area contributed by atoms with E-state index in [0.29, 0.717) is 0 Å². The second-order valence-electron chi connectivity index (χ2n) is 5.91. The van der Waals surface area contributed by atoms with Crippen LogP contribution >= 0.6 is 11.3 Å². The minimum Gasteiger partial charge on any atom is -0.294 e. The van der Waals surface area contributed by atoms with Crippen molar-refractivity contribution < 1.29 is 0 Å². The quantitative estimate of drug-likeness (QED) is 0.793. The average molecular weight is 309 g/mol. The van der Waals surface area contributed by atoms with E-state index in [1.54, 1.807) is 11.3 Å². The maximum Gasteiger partial charge on any atom is 0.107 e. The molecule has 22 heavy (non-hydrogen) atoms. The summed E-state index contributed by atoms with van der Waals surface area (Å²) in [6, 6.07) is 12.9. The lowest BCUT2D eigenvalue weighted by molar-refractivity contribution is 0.245. The van der Waals surface area contributed by atoms with E-state index in [1.807, 2.05) is 0 Å². The number of thiophene rings is 1. The summed E-state index contributed by atoms with van der Waals surface area (Å²) in [6.07, 6.45) is 1.06. The van der Waals surface area contributed by atoms with Crippen LogP contribution in [0.2, 0.25) is 0 Å². The third kappa shape index (κ3) is 2.49. The summed E-state index contributed by atoms with van der Waals surface area (Å²) in [5, 5.41) is 10.0. The molecule has 0 fully saturated rings. The Hall–Kier alpha value is -1.91. The molecule has 0 spiro atoms. The van der Waals surface area contributed by atoms with Gasteiger partial charge >= 0.3 is 0 Å². The summed E-state index contributed by atoms with van der Waals surface area (Å²) >= 11 is 1.78. The van der Waals surface area contributed by atoms with Crippen molar-refractivity contribution in [3.8, 4) is 10.6 Å². The van der Waals surface area contributed by atoms with Crippen LogP contribution in [0.1, 0.15) is 22.4 Å². The van der Waals surface area contributed by atoms with Crippen LogP contribution in [-0.4, -0.2) is 21.6 Å². The van der Waals surface area contributed by atoms with Gasteiger partial charge in [0.15, 0.2) is 0 Å². The van der Waals surface area contributed by atoms with Gasteiger partial charge in [-0.2, -0.15) is 5.10 Å². The predicted molar refractivity (Wildman–Crippen MR) is 90.9 cm³/mol. The summed E-state index contributed by atoms with van der Waals surface area (Å²) in [5.41, 5.74) is 6.54. The summed E-state index contributed by atoms with van der Waals surface area (Å²) in [5.74, 6) is 0. The van der Waals surface area contributed by atoms with E-state index >= 15 is 0 Å². The van der Waals surface area contributed by atoms with Crippen LogP contribution in [0.5, 0.6) is 0 Å². The highest BCUT2D eigenvalue weighted by atomic mass is 32.1. The van der Waals surface area contributed by atoms with Crippen molar-refractivity contribution >= 4 is 11.3 Å². The number of nitrogens with zero attached hydrogens (tertiary/aromatic N) is 2. The fourth-order valence-corrected chi connectivity index (χ4v) is 4.07. The van der Waals surface area contributed by atoms with Crippen LogP contribution in [-0.2, 0) is 19.5 Å². The monoisotopic (exact) mass is 309 g/mol. The van der Waals surface area contributed by atoms with Gasteiger partial charge in [-0.15, -0.1) is 11.3 Å². The number of aromatic amines is 1. The van der Waals surface area contributed by atoms with Gasteiger partial charge < -0.3 is 0 Å². The number of hydrogen-bond acceptors (Lipinski definition) is 3. The second kappa shape index (κ2) is 5.71. The standard InChI is InChI=1S/C18H19N3S/c1-13-8-10-22-18(13)17-15-12-21(9-7-16(15)19-20-17)11-14-5-3-2-4-6-14/h2-6,8,10H,7,9,11-12H2,1H3,(H,19,20). The van der Waals surface area contributed by atoms with E-state index in [-0.39, 0.29) is 0 Å². The van der Waals surface area contributed by atoms with Gasteiger partial charge in [-0.1, -0.05) is 30.3 Å². The van der Waals surface area contributed by atoms with Gasteiger partial charge in [-0.25, -0.2) is 0 Å². The lowest BCUT2D eigenvalue weighted by Crippen LogP contribution is -2.29. The molecule has 0 bridgehead atoms. The van der Waals surface area contributed by atoms with Crippen molar-refractivity contribution in [2.45, 2.75) is 26.4 Å². The van der Waals surface area contributed by atoms with Gasteiger partial charge in [0, 0.05) is 37.3 Å². The van der Waals surface area contributed by atoms with E-state index in [1.165, 1.54) is 27.3 Å². The van der Waals surface area contributed by atoms with Crippen LogP contribution in [0, 0.1) is 6.92 Å². The van der Waals surface area contributed by atoms with E-state index in [2.05, 4.69) is 63.8 Å². The first-order valence-electron chi connectivity index (χ1n) is 7.68. The molecule has 1 aliphatic heterocycles. The van der Waals surface area contributed by atoms with Crippen LogP contribution in [0.4, 0.5) is 0 Å². The number of benzene rings is 1. The first-order chi connectivity index (χ1) is 10.8. The fourth-order valence-electron chi connectivity index (χ4n) is 3.13. The van der Waals surface area contributed by atoms with E-state index in [0.717, 1.165) is 31.7 Å². The lowest BCUT2D eigenvalue weighted by Gasteiger charge is -2.27. The molecule has 1 N–H and O–H groups in total. The van der Waals surface area contributed by atoms with Crippen LogP contribution in [0.25, 0.3) is 10.6 Å². The smallest absolute Gasteiger partial charge is 0.107 e. The zero-order valence-corrected chi connectivity index (χ0v) is 13.5. The van der Waals surface area contributed by atoms with E-state index in [9.17, 15) is 0 Å². The zero-order chi connectivity index (χ0) is 14.9. The number of H-pyrrole nitrogens is 1. The number of aromatic nitrogens is 2. The van der Waals surface area contributed by atoms with Gasteiger partial charge in [0.05, 0.1) is 4.88 Å². The maximum absolute atomic E-state index is 4.60. The molecule has 0 saturated carbocycles. The third-order valence-corrected chi connectivity index (χ3v) is 5.36. The zero-order valence-electron chi connectivity index (χ0n) is 12.7. The SMILES string of the molecule is Cc1ccsc1-c1n[nH]c2c1CN(Cc1ccccc1)CC2. The Kier molecular flexibility index (Phi) is 3.56. The highest BCUT2D eigenvalue weighted by Gasteiger charge is 2.23. The van der Waals surface area contributed by atoms with Crippen molar-refractivity contribution in [3.05, 3.63) is 64.2 Å². The Morgan fingerprint density at radius 1 is 1.23 bits per heavy atom. The summed E-state index contributed by atoms with van der Waals surface area (Å²) in [6.45, 7) is 5.24. The molecule has 112 valence electrons. The number of nitrogens with one attached hydrogen (secondary N) is 1. The molecule has 3 aromatic rings. The summed E-state index contributed by atoms with van der Waals surface area (Å²) in [7, 11) is 0. The molecule has 4 rings (SSSR count). The molecule has 1 aromatic carbocycles. The molecule has 4 heteroatoms. The number of hydrogen-bond donors (Lipinski definition) is 1. The summed E-state index contributed by atoms with van der Waals surface area (Å²) < 4.78 is 0. The van der Waals surface area contributed by atoms with Gasteiger partial charge in [0.1, 0.15) is 5.69 Å². The first kappa shape index (κ1) is 13.7.